The largest absolute Gasteiger partial charge is 0.372 e. The first kappa shape index (κ1) is 13.9. The summed E-state index contributed by atoms with van der Waals surface area (Å²) in [5, 5.41) is 2.82. The van der Waals surface area contributed by atoms with Gasteiger partial charge < -0.3 is 10.2 Å². The molecule has 1 aromatic carbocycles. The van der Waals surface area contributed by atoms with Crippen molar-refractivity contribution in [2.45, 2.75) is 6.92 Å². The van der Waals surface area contributed by atoms with Gasteiger partial charge in [0.25, 0.3) is 5.91 Å². The lowest BCUT2D eigenvalue weighted by molar-refractivity contribution is 0.0982. The van der Waals surface area contributed by atoms with Crippen molar-refractivity contribution in [3.8, 4) is 0 Å². The minimum absolute atomic E-state index is 0.175. The molecular weight excluding hydrogens is 259 g/mol. The lowest BCUT2D eigenvalue weighted by Crippen LogP contribution is -2.32. The van der Waals surface area contributed by atoms with Gasteiger partial charge in [-0.15, -0.1) is 0 Å². The first-order valence-electron chi connectivity index (χ1n) is 6.23. The Morgan fingerprint density at radius 3 is 2.60 bits per heavy atom. The molecule has 5 nitrogen and oxygen atoms in total. The molecule has 0 aliphatic carbocycles. The Kier molecular flexibility index (Phi) is 4.24. The summed E-state index contributed by atoms with van der Waals surface area (Å²) < 4.78 is 13.8. The van der Waals surface area contributed by atoms with Gasteiger partial charge in [0.2, 0.25) is 0 Å². The molecule has 0 spiro atoms. The van der Waals surface area contributed by atoms with Crippen molar-refractivity contribution in [1.29, 1.82) is 0 Å². The molecule has 1 amide bonds. The van der Waals surface area contributed by atoms with Crippen LogP contribution in [0.1, 0.15) is 17.4 Å². The van der Waals surface area contributed by atoms with Crippen LogP contribution in [0.2, 0.25) is 0 Å². The summed E-state index contributed by atoms with van der Waals surface area (Å²) in [6, 6.07) is 6.15. The van der Waals surface area contributed by atoms with Gasteiger partial charge in [-0.2, -0.15) is 0 Å². The predicted molar refractivity (Wildman–Crippen MR) is 75.3 cm³/mol. The molecule has 6 heteroatoms. The SMILES string of the molecule is CCN(C(=O)c1cnc(NC)cn1)c1ccccc1F. The van der Waals surface area contributed by atoms with E-state index in [1.807, 2.05) is 0 Å². The fourth-order valence-corrected chi connectivity index (χ4v) is 1.80. The second kappa shape index (κ2) is 6.10. The summed E-state index contributed by atoms with van der Waals surface area (Å²) >= 11 is 0. The summed E-state index contributed by atoms with van der Waals surface area (Å²) in [6.07, 6.45) is 2.83. The van der Waals surface area contributed by atoms with E-state index in [2.05, 4.69) is 15.3 Å². The molecular formula is C14H15FN4O. The molecule has 0 fully saturated rings. The van der Waals surface area contributed by atoms with Crippen LogP contribution in [0.25, 0.3) is 0 Å². The first-order valence-corrected chi connectivity index (χ1v) is 6.23. The Morgan fingerprint density at radius 1 is 1.30 bits per heavy atom. The number of hydrogen-bond acceptors (Lipinski definition) is 4. The fraction of sp³-hybridized carbons (Fsp3) is 0.214. The molecule has 0 atom stereocenters. The van der Waals surface area contributed by atoms with Crippen molar-refractivity contribution >= 4 is 17.4 Å². The third-order valence-electron chi connectivity index (χ3n) is 2.83. The highest BCUT2D eigenvalue weighted by molar-refractivity contribution is 6.04. The number of rotatable bonds is 4. The maximum Gasteiger partial charge on any atom is 0.278 e. The molecule has 0 unspecified atom stereocenters. The lowest BCUT2D eigenvalue weighted by atomic mass is 10.2. The summed E-state index contributed by atoms with van der Waals surface area (Å²) in [6.45, 7) is 2.12. The van der Waals surface area contributed by atoms with E-state index in [1.165, 1.54) is 23.4 Å². The van der Waals surface area contributed by atoms with Crippen molar-refractivity contribution in [3.63, 3.8) is 0 Å². The minimum atomic E-state index is -0.442. The van der Waals surface area contributed by atoms with Crippen molar-refractivity contribution in [3.05, 3.63) is 48.2 Å². The number of nitrogens with one attached hydrogen (secondary N) is 1. The zero-order valence-corrected chi connectivity index (χ0v) is 11.3. The lowest BCUT2D eigenvalue weighted by Gasteiger charge is -2.20. The number of halogens is 1. The van der Waals surface area contributed by atoms with E-state index in [0.29, 0.717) is 12.4 Å². The molecule has 0 aliphatic rings. The Labute approximate surface area is 116 Å². The summed E-state index contributed by atoms with van der Waals surface area (Å²) in [5.41, 5.74) is 0.411. The van der Waals surface area contributed by atoms with Gasteiger partial charge in [-0.25, -0.2) is 14.4 Å². The van der Waals surface area contributed by atoms with Gasteiger partial charge in [0, 0.05) is 13.6 Å². The molecule has 0 bridgehead atoms. The summed E-state index contributed by atoms with van der Waals surface area (Å²) in [5.74, 6) is -0.259. The van der Waals surface area contributed by atoms with Gasteiger partial charge in [0.05, 0.1) is 18.1 Å². The second-order valence-electron chi connectivity index (χ2n) is 4.04. The van der Waals surface area contributed by atoms with Gasteiger partial charge in [0.15, 0.2) is 0 Å². The topological polar surface area (TPSA) is 58.1 Å². The average Bonchev–Trinajstić information content (AvgIpc) is 2.50. The number of carbonyl (C=O) groups excluding carboxylic acids is 1. The first-order chi connectivity index (χ1) is 9.67. The number of carbonyl (C=O) groups is 1. The average molecular weight is 274 g/mol. The van der Waals surface area contributed by atoms with E-state index in [1.54, 1.807) is 32.2 Å². The Hall–Kier alpha value is -2.50. The predicted octanol–water partition coefficient (Wildman–Crippen LogP) is 2.32. The normalized spacial score (nSPS) is 10.2. The number of hydrogen-bond donors (Lipinski definition) is 1. The van der Waals surface area contributed by atoms with Gasteiger partial charge in [-0.05, 0) is 19.1 Å². The number of benzene rings is 1. The molecule has 20 heavy (non-hydrogen) atoms. The zero-order valence-electron chi connectivity index (χ0n) is 11.3. The van der Waals surface area contributed by atoms with Gasteiger partial charge >= 0.3 is 0 Å². The van der Waals surface area contributed by atoms with Gasteiger partial charge in [-0.1, -0.05) is 12.1 Å². The minimum Gasteiger partial charge on any atom is -0.372 e. The van der Waals surface area contributed by atoms with Gasteiger partial charge in [-0.3, -0.25) is 4.79 Å². The molecule has 1 N–H and O–H groups in total. The monoisotopic (exact) mass is 274 g/mol. The van der Waals surface area contributed by atoms with Crippen molar-refractivity contribution in [2.75, 3.05) is 23.8 Å². The Balaban J connectivity index is 2.31. The Morgan fingerprint density at radius 2 is 2.05 bits per heavy atom. The van der Waals surface area contributed by atoms with Crippen LogP contribution in [0.15, 0.2) is 36.7 Å². The highest BCUT2D eigenvalue weighted by Crippen LogP contribution is 2.20. The summed E-state index contributed by atoms with van der Waals surface area (Å²) in [7, 11) is 1.71. The van der Waals surface area contributed by atoms with E-state index in [-0.39, 0.29) is 17.3 Å². The van der Waals surface area contributed by atoms with Crippen LogP contribution in [0.5, 0.6) is 0 Å². The van der Waals surface area contributed by atoms with Crippen molar-refractivity contribution < 1.29 is 9.18 Å². The number of amides is 1. The molecule has 2 aromatic rings. The highest BCUT2D eigenvalue weighted by Gasteiger charge is 2.20. The highest BCUT2D eigenvalue weighted by atomic mass is 19.1. The van der Waals surface area contributed by atoms with E-state index < -0.39 is 5.82 Å². The molecule has 1 heterocycles. The molecule has 0 saturated carbocycles. The second-order valence-corrected chi connectivity index (χ2v) is 4.04. The number of anilines is 2. The van der Waals surface area contributed by atoms with E-state index >= 15 is 0 Å². The maximum absolute atomic E-state index is 13.8. The number of aromatic nitrogens is 2. The van der Waals surface area contributed by atoms with Crippen LogP contribution >= 0.6 is 0 Å². The van der Waals surface area contributed by atoms with Crippen LogP contribution in [0.3, 0.4) is 0 Å². The smallest absolute Gasteiger partial charge is 0.278 e. The van der Waals surface area contributed by atoms with Crippen LogP contribution in [0, 0.1) is 5.82 Å². The Bertz CT molecular complexity index is 600. The van der Waals surface area contributed by atoms with Crippen LogP contribution in [-0.4, -0.2) is 29.5 Å². The third kappa shape index (κ3) is 2.74. The standard InChI is InChI=1S/C14H15FN4O/c1-3-19(12-7-5-4-6-10(12)15)14(20)11-8-18-13(16-2)9-17-11/h4-9H,3H2,1-2H3,(H,16,18). The van der Waals surface area contributed by atoms with E-state index in [4.69, 9.17) is 0 Å². The van der Waals surface area contributed by atoms with Crippen LogP contribution in [-0.2, 0) is 0 Å². The van der Waals surface area contributed by atoms with E-state index in [9.17, 15) is 9.18 Å². The quantitative estimate of drug-likeness (QED) is 0.929. The van der Waals surface area contributed by atoms with Crippen molar-refractivity contribution in [1.82, 2.24) is 9.97 Å². The van der Waals surface area contributed by atoms with Crippen LogP contribution in [0.4, 0.5) is 15.9 Å². The third-order valence-corrected chi connectivity index (χ3v) is 2.83. The molecule has 1 aromatic heterocycles. The zero-order chi connectivity index (χ0) is 14.5. The van der Waals surface area contributed by atoms with Crippen molar-refractivity contribution in [2.24, 2.45) is 0 Å². The van der Waals surface area contributed by atoms with Crippen LogP contribution < -0.4 is 10.2 Å². The fourth-order valence-electron chi connectivity index (χ4n) is 1.80. The summed E-state index contributed by atoms with van der Waals surface area (Å²) in [4.78, 5) is 21.8. The molecule has 2 rings (SSSR count). The molecule has 104 valence electrons. The number of nitrogens with zero attached hydrogens (tertiary/aromatic N) is 3. The molecule has 0 aliphatic heterocycles. The molecule has 0 radical (unpaired) electrons. The molecule has 0 saturated heterocycles. The number of para-hydroxylation sites is 1. The van der Waals surface area contributed by atoms with Gasteiger partial charge in [0.1, 0.15) is 17.3 Å². The van der Waals surface area contributed by atoms with E-state index in [0.717, 1.165) is 0 Å². The maximum atomic E-state index is 13.8.